The molecular weight excluding hydrogens is 281 g/mol. The molecule has 0 N–H and O–H groups in total. The molecule has 0 aromatic carbocycles. The van der Waals surface area contributed by atoms with Crippen LogP contribution in [0.1, 0.15) is 6.92 Å². The molecule has 0 aromatic rings. The molecule has 18 heavy (non-hydrogen) atoms. The van der Waals surface area contributed by atoms with Crippen molar-refractivity contribution in [2.24, 2.45) is 16.8 Å². The number of nitrogens with zero attached hydrogens (tertiary/aromatic N) is 3. The SMILES string of the molecule is CN=C(N(C)CC1COCC1C)C(Cl)(Cl)[N+](=O)[O-]. The minimum absolute atomic E-state index is 0.0370. The number of ether oxygens (including phenoxy) is 1. The zero-order chi connectivity index (χ0) is 13.9. The average Bonchev–Trinajstić information content (AvgIpc) is 2.64. The third-order valence-electron chi connectivity index (χ3n) is 3.10. The van der Waals surface area contributed by atoms with E-state index < -0.39 is 9.38 Å². The number of hydrogen-bond acceptors (Lipinski definition) is 4. The number of nitro groups is 1. The molecule has 6 nitrogen and oxygen atoms in total. The van der Waals surface area contributed by atoms with Gasteiger partial charge in [-0.2, -0.15) is 0 Å². The standard InChI is InChI=1S/C10H17Cl2N3O3/c1-7-5-18-6-8(7)4-14(3)9(13-2)10(11,12)15(16)17/h7-8H,4-6H2,1-3H3. The van der Waals surface area contributed by atoms with Crippen molar-refractivity contribution < 1.29 is 9.66 Å². The van der Waals surface area contributed by atoms with Gasteiger partial charge in [-0.1, -0.05) is 6.92 Å². The average molecular weight is 298 g/mol. The molecule has 8 heteroatoms. The summed E-state index contributed by atoms with van der Waals surface area (Å²) < 4.78 is 3.13. The van der Waals surface area contributed by atoms with E-state index in [9.17, 15) is 10.1 Å². The highest BCUT2D eigenvalue weighted by molar-refractivity contribution is 6.57. The summed E-state index contributed by atoms with van der Waals surface area (Å²) in [6, 6.07) is 0. The van der Waals surface area contributed by atoms with Crippen LogP contribution in [0.3, 0.4) is 0 Å². The van der Waals surface area contributed by atoms with Crippen molar-refractivity contribution in [3.05, 3.63) is 10.1 Å². The van der Waals surface area contributed by atoms with E-state index in [2.05, 4.69) is 11.9 Å². The van der Waals surface area contributed by atoms with Gasteiger partial charge in [0.05, 0.1) is 11.5 Å². The van der Waals surface area contributed by atoms with Crippen molar-refractivity contribution in [3.63, 3.8) is 0 Å². The fourth-order valence-electron chi connectivity index (χ4n) is 1.99. The third kappa shape index (κ3) is 3.24. The van der Waals surface area contributed by atoms with E-state index >= 15 is 0 Å². The van der Waals surface area contributed by atoms with Crippen LogP contribution >= 0.6 is 23.2 Å². The largest absolute Gasteiger partial charge is 0.427 e. The van der Waals surface area contributed by atoms with Gasteiger partial charge in [-0.25, -0.2) is 0 Å². The van der Waals surface area contributed by atoms with E-state index in [1.54, 1.807) is 11.9 Å². The molecule has 1 fully saturated rings. The zero-order valence-electron chi connectivity index (χ0n) is 10.6. The van der Waals surface area contributed by atoms with Gasteiger partial charge in [-0.05, 0) is 29.1 Å². The van der Waals surface area contributed by atoms with E-state index in [1.807, 2.05) is 0 Å². The fraction of sp³-hybridized carbons (Fsp3) is 0.900. The Bertz CT molecular complexity index is 349. The van der Waals surface area contributed by atoms with Gasteiger partial charge in [0.15, 0.2) is 0 Å². The molecule has 0 saturated carbocycles. The lowest BCUT2D eigenvalue weighted by molar-refractivity contribution is -0.497. The zero-order valence-corrected chi connectivity index (χ0v) is 12.1. The van der Waals surface area contributed by atoms with Crippen molar-refractivity contribution in [2.75, 3.05) is 33.9 Å². The van der Waals surface area contributed by atoms with E-state index in [0.717, 1.165) is 0 Å². The van der Waals surface area contributed by atoms with Gasteiger partial charge in [0.2, 0.25) is 5.84 Å². The first-order chi connectivity index (χ1) is 8.30. The highest BCUT2D eigenvalue weighted by Crippen LogP contribution is 2.27. The quantitative estimate of drug-likeness (QED) is 0.198. The first-order valence-corrected chi connectivity index (χ1v) is 6.34. The molecule has 0 aliphatic carbocycles. The highest BCUT2D eigenvalue weighted by Gasteiger charge is 2.47. The maximum absolute atomic E-state index is 10.8. The van der Waals surface area contributed by atoms with E-state index in [0.29, 0.717) is 31.6 Å². The molecule has 0 bridgehead atoms. The summed E-state index contributed by atoms with van der Waals surface area (Å²) in [5, 5.41) is 10.8. The van der Waals surface area contributed by atoms with Gasteiger partial charge >= 0.3 is 4.46 Å². The maximum Gasteiger partial charge on any atom is 0.427 e. The monoisotopic (exact) mass is 297 g/mol. The second-order valence-electron chi connectivity index (χ2n) is 4.50. The molecule has 1 rings (SSSR count). The normalized spacial score (nSPS) is 25.3. The summed E-state index contributed by atoms with van der Waals surface area (Å²) in [5.74, 6) is 0.735. The molecule has 1 aliphatic rings. The smallest absolute Gasteiger partial charge is 0.381 e. The summed E-state index contributed by atoms with van der Waals surface area (Å²) in [5.41, 5.74) is 0. The van der Waals surface area contributed by atoms with Gasteiger partial charge in [0, 0.05) is 33.2 Å². The Morgan fingerprint density at radius 2 is 2.22 bits per heavy atom. The minimum Gasteiger partial charge on any atom is -0.381 e. The van der Waals surface area contributed by atoms with E-state index in [1.165, 1.54) is 7.05 Å². The van der Waals surface area contributed by atoms with Crippen LogP contribution in [0.2, 0.25) is 0 Å². The molecule has 1 heterocycles. The van der Waals surface area contributed by atoms with Crippen LogP contribution in [0.5, 0.6) is 0 Å². The Kier molecular flexibility index (Phi) is 5.19. The van der Waals surface area contributed by atoms with Crippen LogP contribution in [0, 0.1) is 22.0 Å². The van der Waals surface area contributed by atoms with Gasteiger partial charge < -0.3 is 9.64 Å². The Hall–Kier alpha value is -0.590. The second-order valence-corrected chi connectivity index (χ2v) is 5.79. The van der Waals surface area contributed by atoms with Crippen LogP contribution in [0.15, 0.2) is 4.99 Å². The predicted molar refractivity (Wildman–Crippen MR) is 70.9 cm³/mol. The lowest BCUT2D eigenvalue weighted by atomic mass is 9.98. The molecule has 0 radical (unpaired) electrons. The van der Waals surface area contributed by atoms with Crippen LogP contribution in [-0.2, 0) is 4.74 Å². The number of alkyl halides is 2. The van der Waals surface area contributed by atoms with Gasteiger partial charge in [-0.15, -0.1) is 0 Å². The summed E-state index contributed by atoms with van der Waals surface area (Å²) in [6.45, 7) is 4.00. The van der Waals surface area contributed by atoms with Crippen LogP contribution in [-0.4, -0.2) is 54.0 Å². The summed E-state index contributed by atoms with van der Waals surface area (Å²) in [6.07, 6.45) is 0. The summed E-state index contributed by atoms with van der Waals surface area (Å²) in [4.78, 5) is 15.5. The lowest BCUT2D eigenvalue weighted by Gasteiger charge is -2.27. The van der Waals surface area contributed by atoms with Crippen molar-refractivity contribution in [1.29, 1.82) is 0 Å². The van der Waals surface area contributed by atoms with Crippen LogP contribution in [0.4, 0.5) is 0 Å². The Morgan fingerprint density at radius 1 is 1.61 bits per heavy atom. The number of halogens is 2. The third-order valence-corrected chi connectivity index (χ3v) is 3.71. The predicted octanol–water partition coefficient (Wildman–Crippen LogP) is 1.64. The molecule has 104 valence electrons. The lowest BCUT2D eigenvalue weighted by Crippen LogP contribution is -2.47. The molecule has 0 amide bonds. The van der Waals surface area contributed by atoms with Crippen molar-refractivity contribution >= 4 is 29.0 Å². The summed E-state index contributed by atoms with van der Waals surface area (Å²) in [7, 11) is 3.12. The maximum atomic E-state index is 10.8. The first-order valence-electron chi connectivity index (χ1n) is 5.59. The topological polar surface area (TPSA) is 68.0 Å². The van der Waals surface area contributed by atoms with Gasteiger partial charge in [-0.3, -0.25) is 15.1 Å². The molecule has 1 saturated heterocycles. The van der Waals surface area contributed by atoms with Gasteiger partial charge in [0.25, 0.3) is 0 Å². The Morgan fingerprint density at radius 3 is 2.61 bits per heavy atom. The first kappa shape index (κ1) is 15.5. The molecular formula is C10H17Cl2N3O3. The molecule has 2 atom stereocenters. The molecule has 0 aromatic heterocycles. The number of amidine groups is 1. The van der Waals surface area contributed by atoms with Crippen LogP contribution in [0.25, 0.3) is 0 Å². The Labute approximate surface area is 116 Å². The Balaban J connectivity index is 2.75. The minimum atomic E-state index is -2.22. The van der Waals surface area contributed by atoms with Crippen molar-refractivity contribution in [2.45, 2.75) is 11.4 Å². The number of aliphatic imine (C=N–C) groups is 1. The summed E-state index contributed by atoms with van der Waals surface area (Å²) >= 11 is 11.4. The van der Waals surface area contributed by atoms with Crippen molar-refractivity contribution in [1.82, 2.24) is 4.90 Å². The van der Waals surface area contributed by atoms with E-state index in [4.69, 9.17) is 27.9 Å². The molecule has 1 aliphatic heterocycles. The van der Waals surface area contributed by atoms with Crippen LogP contribution < -0.4 is 0 Å². The highest BCUT2D eigenvalue weighted by atomic mass is 35.5. The van der Waals surface area contributed by atoms with Crippen molar-refractivity contribution in [3.8, 4) is 0 Å². The second kappa shape index (κ2) is 6.04. The molecule has 0 spiro atoms. The molecule has 2 unspecified atom stereocenters. The number of hydrogen-bond donors (Lipinski definition) is 0. The number of rotatable bonds is 4. The number of likely N-dealkylation sites (N-methyl/N-ethyl adjacent to an activating group) is 1. The van der Waals surface area contributed by atoms with E-state index in [-0.39, 0.29) is 5.84 Å². The van der Waals surface area contributed by atoms with Gasteiger partial charge in [0.1, 0.15) is 0 Å². The fourth-order valence-corrected chi connectivity index (χ4v) is 2.45.